The lowest BCUT2D eigenvalue weighted by molar-refractivity contribution is 0.0537. The number of hydrogen-bond donors (Lipinski definition) is 1. The second-order valence-electron chi connectivity index (χ2n) is 13.5. The van der Waals surface area contributed by atoms with Crippen LogP contribution in [-0.2, 0) is 16.6 Å². The van der Waals surface area contributed by atoms with Crippen LogP contribution in [0, 0.1) is 19.3 Å². The zero-order chi connectivity index (χ0) is 33.8. The Morgan fingerprint density at radius 3 is 2.52 bits per heavy atom. The number of hydrogen-bond acceptors (Lipinski definition) is 9. The molecule has 0 saturated heterocycles. The molecule has 2 aromatic carbocycles. The van der Waals surface area contributed by atoms with E-state index in [-0.39, 0.29) is 52.8 Å². The maximum Gasteiger partial charge on any atom is 0.264 e. The standard InChI is InChI=1S/C35H38N8O4S/c1-21(2)43-19-29-32(40-43)37-25(17-36-29)18-42-26(16-35(5)12-13-35)20-47-30-15-28(31-22(3)8-6-9-23(31)4)38-34(39-30)41-48(45,46)27-11-7-10-24(14-27)33(42)44/h6-11,14-15,17,19,21,26H,12-13,16,18,20H2,1-5H3,(H,38,39,41)/t26-/m1/s1. The number of ether oxygens (including phenoxy) is 1. The van der Waals surface area contributed by atoms with E-state index < -0.39 is 16.1 Å². The van der Waals surface area contributed by atoms with Crippen LogP contribution in [0.5, 0.6) is 5.88 Å². The summed E-state index contributed by atoms with van der Waals surface area (Å²) in [4.78, 5) is 34.6. The van der Waals surface area contributed by atoms with Crippen LogP contribution in [0.1, 0.15) is 73.3 Å². The molecule has 4 heterocycles. The highest BCUT2D eigenvalue weighted by Gasteiger charge is 2.42. The molecule has 12 nitrogen and oxygen atoms in total. The van der Waals surface area contributed by atoms with Crippen LogP contribution in [0.25, 0.3) is 22.4 Å². The molecule has 1 aliphatic heterocycles. The van der Waals surface area contributed by atoms with Gasteiger partial charge in [0.15, 0.2) is 5.65 Å². The molecule has 5 aromatic rings. The van der Waals surface area contributed by atoms with Crippen LogP contribution >= 0.6 is 0 Å². The van der Waals surface area contributed by atoms with Crippen molar-refractivity contribution in [1.82, 2.24) is 34.6 Å². The zero-order valence-electron chi connectivity index (χ0n) is 27.6. The number of aromatic nitrogens is 6. The van der Waals surface area contributed by atoms with Crippen LogP contribution in [0.4, 0.5) is 5.95 Å². The highest BCUT2D eigenvalue weighted by atomic mass is 32.2. The second-order valence-corrected chi connectivity index (χ2v) is 15.2. The van der Waals surface area contributed by atoms with Crippen molar-refractivity contribution in [3.63, 3.8) is 0 Å². The second kappa shape index (κ2) is 12.0. The van der Waals surface area contributed by atoms with Gasteiger partial charge in [0, 0.05) is 23.2 Å². The van der Waals surface area contributed by atoms with Crippen molar-refractivity contribution in [3.05, 3.63) is 83.3 Å². The van der Waals surface area contributed by atoms with Gasteiger partial charge in [0.1, 0.15) is 12.1 Å². The van der Waals surface area contributed by atoms with Crippen LogP contribution in [0.3, 0.4) is 0 Å². The van der Waals surface area contributed by atoms with E-state index in [0.717, 1.165) is 29.5 Å². The van der Waals surface area contributed by atoms with Crippen LogP contribution in [0.15, 0.2) is 65.8 Å². The van der Waals surface area contributed by atoms with E-state index in [4.69, 9.17) is 9.72 Å². The van der Waals surface area contributed by atoms with E-state index in [1.54, 1.807) is 29.3 Å². The molecule has 1 saturated carbocycles. The Bertz CT molecular complexity index is 2140. The van der Waals surface area contributed by atoms with Gasteiger partial charge in [0.05, 0.1) is 41.3 Å². The first-order valence-electron chi connectivity index (χ1n) is 16.1. The summed E-state index contributed by atoms with van der Waals surface area (Å²) in [7, 11) is -4.17. The maximum atomic E-state index is 14.5. The Balaban J connectivity index is 1.35. The van der Waals surface area contributed by atoms with Crippen molar-refractivity contribution in [2.75, 3.05) is 11.3 Å². The largest absolute Gasteiger partial charge is 0.475 e. The van der Waals surface area contributed by atoms with Gasteiger partial charge in [-0.2, -0.15) is 10.1 Å². The van der Waals surface area contributed by atoms with Crippen LogP contribution in [0.2, 0.25) is 0 Å². The van der Waals surface area contributed by atoms with Crippen LogP contribution < -0.4 is 9.46 Å². The van der Waals surface area contributed by atoms with Gasteiger partial charge in [0.2, 0.25) is 11.8 Å². The first-order valence-corrected chi connectivity index (χ1v) is 17.6. The third kappa shape index (κ3) is 6.34. The van der Waals surface area contributed by atoms with Gasteiger partial charge < -0.3 is 9.64 Å². The van der Waals surface area contributed by atoms with E-state index in [0.29, 0.717) is 29.0 Å². The van der Waals surface area contributed by atoms with Gasteiger partial charge in [-0.1, -0.05) is 31.2 Å². The molecule has 1 atom stereocenters. The monoisotopic (exact) mass is 666 g/mol. The zero-order valence-corrected chi connectivity index (χ0v) is 28.5. The number of nitrogens with one attached hydrogen (secondary N) is 1. The van der Waals surface area contributed by atoms with Crippen molar-refractivity contribution >= 4 is 33.0 Å². The first kappa shape index (κ1) is 31.7. The van der Waals surface area contributed by atoms with Gasteiger partial charge in [-0.25, -0.2) is 28.1 Å². The fourth-order valence-electron chi connectivity index (χ4n) is 6.19. The average Bonchev–Trinajstić information content (AvgIpc) is 3.61. The SMILES string of the molecule is Cc1cccc(C)c1-c1cc2nc(n1)NS(=O)(=O)c1cccc(c1)C(=O)N(Cc1cnc3cn(C(C)C)nc3n1)[C@H](CC1(C)CC1)CO2. The molecule has 1 amide bonds. The predicted molar refractivity (Wildman–Crippen MR) is 181 cm³/mol. The fourth-order valence-corrected chi connectivity index (χ4v) is 7.18. The number of carbonyl (C=O) groups excluding carboxylic acids is 1. The first-order chi connectivity index (χ1) is 22.9. The van der Waals surface area contributed by atoms with Crippen molar-refractivity contribution in [1.29, 1.82) is 0 Å². The van der Waals surface area contributed by atoms with Crippen molar-refractivity contribution < 1.29 is 17.9 Å². The molecular weight excluding hydrogens is 629 g/mol. The molecule has 7 rings (SSSR count). The molecule has 1 fully saturated rings. The number of sulfonamides is 1. The molecule has 4 bridgehead atoms. The molecule has 1 N–H and O–H groups in total. The van der Waals surface area contributed by atoms with Crippen molar-refractivity contribution in [2.24, 2.45) is 5.41 Å². The minimum atomic E-state index is -4.17. The molecule has 0 spiro atoms. The molecule has 3 aromatic heterocycles. The lowest BCUT2D eigenvalue weighted by atomic mass is 9.97. The summed E-state index contributed by atoms with van der Waals surface area (Å²) in [5.41, 5.74) is 5.34. The third-order valence-electron chi connectivity index (χ3n) is 9.17. The average molecular weight is 667 g/mol. The third-order valence-corrected chi connectivity index (χ3v) is 10.5. The summed E-state index contributed by atoms with van der Waals surface area (Å²) in [5.74, 6) is -0.258. The highest BCUT2D eigenvalue weighted by Crippen LogP contribution is 2.49. The molecular formula is C35H38N8O4S. The fraction of sp³-hybridized carbons (Fsp3) is 0.371. The number of fused-ring (bicyclic) bond motifs is 5. The molecule has 1 aliphatic carbocycles. The minimum absolute atomic E-state index is 0.0409. The number of rotatable bonds is 6. The predicted octanol–water partition coefficient (Wildman–Crippen LogP) is 5.88. The smallest absolute Gasteiger partial charge is 0.264 e. The minimum Gasteiger partial charge on any atom is -0.475 e. The van der Waals surface area contributed by atoms with Gasteiger partial charge in [-0.15, -0.1) is 0 Å². The summed E-state index contributed by atoms with van der Waals surface area (Å²) in [6, 6.07) is 13.4. The summed E-state index contributed by atoms with van der Waals surface area (Å²) in [6.07, 6.45) is 6.27. The Kier molecular flexibility index (Phi) is 7.89. The number of amides is 1. The number of anilines is 1. The number of carbonyl (C=O) groups is 1. The van der Waals surface area contributed by atoms with E-state index >= 15 is 0 Å². The highest BCUT2D eigenvalue weighted by molar-refractivity contribution is 7.92. The normalized spacial score (nSPS) is 18.4. The molecule has 48 heavy (non-hydrogen) atoms. The maximum absolute atomic E-state index is 14.5. The summed E-state index contributed by atoms with van der Waals surface area (Å²) < 4.78 is 38.1. The van der Waals surface area contributed by atoms with E-state index in [2.05, 4.69) is 31.7 Å². The Hall–Kier alpha value is -4.91. The lowest BCUT2D eigenvalue weighted by Gasteiger charge is -2.33. The Labute approximate surface area is 279 Å². The van der Waals surface area contributed by atoms with Crippen molar-refractivity contribution in [3.8, 4) is 17.1 Å². The molecule has 0 unspecified atom stereocenters. The van der Waals surface area contributed by atoms with Gasteiger partial charge in [-0.3, -0.25) is 9.48 Å². The lowest BCUT2D eigenvalue weighted by Crippen LogP contribution is -2.44. The summed E-state index contributed by atoms with van der Waals surface area (Å²) in [6.45, 7) is 10.5. The summed E-state index contributed by atoms with van der Waals surface area (Å²) >= 11 is 0. The molecule has 248 valence electrons. The summed E-state index contributed by atoms with van der Waals surface area (Å²) in [5, 5.41) is 4.59. The topological polar surface area (TPSA) is 145 Å². The molecule has 2 aliphatic rings. The van der Waals surface area contributed by atoms with Crippen molar-refractivity contribution in [2.45, 2.75) is 77.4 Å². The quantitative estimate of drug-likeness (QED) is 0.235. The number of aryl methyl sites for hydroxylation is 2. The number of nitrogens with zero attached hydrogens (tertiary/aromatic N) is 7. The van der Waals surface area contributed by atoms with Gasteiger partial charge in [0.25, 0.3) is 15.9 Å². The van der Waals surface area contributed by atoms with Gasteiger partial charge in [-0.05, 0) is 81.7 Å². The number of benzene rings is 2. The Morgan fingerprint density at radius 1 is 1.04 bits per heavy atom. The molecule has 0 radical (unpaired) electrons. The van der Waals surface area contributed by atoms with Crippen LogP contribution in [-0.4, -0.2) is 61.6 Å². The van der Waals surface area contributed by atoms with E-state index in [9.17, 15) is 13.2 Å². The molecule has 13 heteroatoms. The van der Waals surface area contributed by atoms with E-state index in [1.165, 1.54) is 12.1 Å². The van der Waals surface area contributed by atoms with Gasteiger partial charge >= 0.3 is 0 Å². The Morgan fingerprint density at radius 2 is 1.79 bits per heavy atom. The van der Waals surface area contributed by atoms with E-state index in [1.807, 2.05) is 56.8 Å².